The van der Waals surface area contributed by atoms with Crippen molar-refractivity contribution in [3.8, 4) is 5.69 Å². The third-order valence-corrected chi connectivity index (χ3v) is 4.48. The summed E-state index contributed by atoms with van der Waals surface area (Å²) in [5.41, 5.74) is 2.53. The summed E-state index contributed by atoms with van der Waals surface area (Å²) < 4.78 is 44.6. The molecule has 4 nitrogen and oxygen atoms in total. The third kappa shape index (κ3) is 3.53. The summed E-state index contributed by atoms with van der Waals surface area (Å²) in [5, 5.41) is 3.42. The molecule has 0 aliphatic heterocycles. The molecule has 2 aromatic heterocycles. The van der Waals surface area contributed by atoms with Gasteiger partial charge >= 0.3 is 0 Å². The quantitative estimate of drug-likeness (QED) is 0.675. The second kappa shape index (κ2) is 7.37. The summed E-state index contributed by atoms with van der Waals surface area (Å²) in [4.78, 5) is 4.02. The van der Waals surface area contributed by atoms with Gasteiger partial charge in [0.2, 0.25) is 0 Å². The van der Waals surface area contributed by atoms with Crippen LogP contribution in [0.25, 0.3) is 5.69 Å². The standard InChI is InChI=1S/C19H21F3N4/c1-12(10-25-7-6-23-11-25)24-9-15-8-13(2)26(14(15)3)17-5-4-16(20)18(21)19(17)22/h4-8,11-12,24H,9-10H2,1-3H3/t12-/m1/s1. The molecule has 0 radical (unpaired) electrons. The Hall–Kier alpha value is -2.54. The fourth-order valence-corrected chi connectivity index (χ4v) is 3.13. The van der Waals surface area contributed by atoms with E-state index in [1.54, 1.807) is 17.1 Å². The zero-order valence-corrected chi connectivity index (χ0v) is 14.9. The van der Waals surface area contributed by atoms with Crippen LogP contribution >= 0.6 is 0 Å². The predicted molar refractivity (Wildman–Crippen MR) is 93.6 cm³/mol. The number of nitrogens with zero attached hydrogens (tertiary/aromatic N) is 3. The predicted octanol–water partition coefficient (Wildman–Crippen LogP) is 3.89. The highest BCUT2D eigenvalue weighted by atomic mass is 19.2. The van der Waals surface area contributed by atoms with Gasteiger partial charge in [-0.25, -0.2) is 18.2 Å². The van der Waals surface area contributed by atoms with Gasteiger partial charge in [0.05, 0.1) is 12.0 Å². The van der Waals surface area contributed by atoms with Gasteiger partial charge in [0.15, 0.2) is 17.5 Å². The Labute approximate surface area is 150 Å². The van der Waals surface area contributed by atoms with Crippen molar-refractivity contribution in [2.75, 3.05) is 0 Å². The molecular formula is C19H21F3N4. The van der Waals surface area contributed by atoms with Gasteiger partial charge in [-0.15, -0.1) is 0 Å². The van der Waals surface area contributed by atoms with Gasteiger partial charge in [-0.1, -0.05) is 0 Å². The summed E-state index contributed by atoms with van der Waals surface area (Å²) in [5.74, 6) is -3.83. The van der Waals surface area contributed by atoms with E-state index in [1.807, 2.05) is 30.7 Å². The molecule has 0 fully saturated rings. The Balaban J connectivity index is 1.79. The normalized spacial score (nSPS) is 12.5. The maximum atomic E-state index is 14.2. The monoisotopic (exact) mass is 362 g/mol. The lowest BCUT2D eigenvalue weighted by Gasteiger charge is -2.15. The lowest BCUT2D eigenvalue weighted by Crippen LogP contribution is -2.29. The number of imidazole rings is 1. The van der Waals surface area contributed by atoms with Crippen LogP contribution in [0.2, 0.25) is 0 Å². The Morgan fingerprint density at radius 2 is 1.92 bits per heavy atom. The van der Waals surface area contributed by atoms with Crippen molar-refractivity contribution in [3.63, 3.8) is 0 Å². The first-order chi connectivity index (χ1) is 12.4. The highest BCUT2D eigenvalue weighted by molar-refractivity contribution is 5.42. The van der Waals surface area contributed by atoms with Gasteiger partial charge in [0.1, 0.15) is 0 Å². The SMILES string of the molecule is Cc1cc(CN[C@H](C)Cn2ccnc2)c(C)n1-c1ccc(F)c(F)c1F. The lowest BCUT2D eigenvalue weighted by atomic mass is 10.2. The van der Waals surface area contributed by atoms with Gasteiger partial charge in [-0.3, -0.25) is 0 Å². The second-order valence-corrected chi connectivity index (χ2v) is 6.47. The van der Waals surface area contributed by atoms with Gasteiger partial charge in [0, 0.05) is 42.9 Å². The van der Waals surface area contributed by atoms with Gasteiger partial charge in [-0.2, -0.15) is 0 Å². The third-order valence-electron chi connectivity index (χ3n) is 4.48. The summed E-state index contributed by atoms with van der Waals surface area (Å²) in [7, 11) is 0. The molecule has 138 valence electrons. The fourth-order valence-electron chi connectivity index (χ4n) is 3.13. The molecule has 7 heteroatoms. The minimum Gasteiger partial charge on any atom is -0.336 e. The molecule has 0 aliphatic carbocycles. The van der Waals surface area contributed by atoms with Crippen LogP contribution < -0.4 is 5.32 Å². The summed E-state index contributed by atoms with van der Waals surface area (Å²) in [6.45, 7) is 7.07. The van der Waals surface area contributed by atoms with E-state index in [9.17, 15) is 13.2 Å². The van der Waals surface area contributed by atoms with Crippen LogP contribution in [0.1, 0.15) is 23.9 Å². The fraction of sp³-hybridized carbons (Fsp3) is 0.316. The molecule has 26 heavy (non-hydrogen) atoms. The highest BCUT2D eigenvalue weighted by Crippen LogP contribution is 2.25. The number of hydrogen-bond donors (Lipinski definition) is 1. The molecule has 0 saturated heterocycles. The van der Waals surface area contributed by atoms with Crippen LogP contribution in [0.3, 0.4) is 0 Å². The topological polar surface area (TPSA) is 34.8 Å². The van der Waals surface area contributed by atoms with E-state index in [2.05, 4.69) is 17.2 Å². The molecule has 1 aromatic carbocycles. The summed E-state index contributed by atoms with van der Waals surface area (Å²) in [6.07, 6.45) is 5.39. The maximum absolute atomic E-state index is 14.2. The Kier molecular flexibility index (Phi) is 5.18. The Morgan fingerprint density at radius 1 is 1.15 bits per heavy atom. The average Bonchev–Trinajstić information content (AvgIpc) is 3.20. The van der Waals surface area contributed by atoms with E-state index in [0.29, 0.717) is 6.54 Å². The Bertz CT molecular complexity index is 900. The van der Waals surface area contributed by atoms with Crippen molar-refractivity contribution in [1.29, 1.82) is 0 Å². The number of aryl methyl sites for hydroxylation is 1. The molecule has 0 aliphatic rings. The van der Waals surface area contributed by atoms with Crippen molar-refractivity contribution < 1.29 is 13.2 Å². The van der Waals surface area contributed by atoms with Crippen molar-refractivity contribution in [1.82, 2.24) is 19.4 Å². The number of hydrogen-bond acceptors (Lipinski definition) is 2. The molecule has 1 atom stereocenters. The van der Waals surface area contributed by atoms with Gasteiger partial charge < -0.3 is 14.5 Å². The second-order valence-electron chi connectivity index (χ2n) is 6.47. The van der Waals surface area contributed by atoms with Crippen LogP contribution in [-0.2, 0) is 13.1 Å². The van der Waals surface area contributed by atoms with Crippen LogP contribution in [0.5, 0.6) is 0 Å². The van der Waals surface area contributed by atoms with Gasteiger partial charge in [0.25, 0.3) is 0 Å². The zero-order valence-electron chi connectivity index (χ0n) is 14.9. The smallest absolute Gasteiger partial charge is 0.196 e. The molecule has 1 N–H and O–H groups in total. The largest absolute Gasteiger partial charge is 0.336 e. The molecule has 0 bridgehead atoms. The van der Waals surface area contributed by atoms with Crippen LogP contribution in [0.15, 0.2) is 36.9 Å². The first-order valence-electron chi connectivity index (χ1n) is 8.39. The molecule has 0 unspecified atom stereocenters. The van der Waals surface area contributed by atoms with E-state index in [-0.39, 0.29) is 11.7 Å². The molecule has 0 amide bonds. The maximum Gasteiger partial charge on any atom is 0.196 e. The molecule has 2 heterocycles. The zero-order chi connectivity index (χ0) is 18.8. The molecule has 3 aromatic rings. The first kappa shape index (κ1) is 18.3. The van der Waals surface area contributed by atoms with Crippen molar-refractivity contribution in [3.05, 3.63) is 71.3 Å². The van der Waals surface area contributed by atoms with Crippen LogP contribution in [0.4, 0.5) is 13.2 Å². The van der Waals surface area contributed by atoms with E-state index in [4.69, 9.17) is 0 Å². The van der Waals surface area contributed by atoms with E-state index in [1.165, 1.54) is 6.07 Å². The van der Waals surface area contributed by atoms with E-state index in [0.717, 1.165) is 29.6 Å². The van der Waals surface area contributed by atoms with E-state index >= 15 is 0 Å². The summed E-state index contributed by atoms with van der Waals surface area (Å²) >= 11 is 0. The van der Waals surface area contributed by atoms with Crippen LogP contribution in [0, 0.1) is 31.3 Å². The number of benzene rings is 1. The highest BCUT2D eigenvalue weighted by Gasteiger charge is 2.19. The van der Waals surface area contributed by atoms with Crippen molar-refractivity contribution in [2.45, 2.75) is 39.9 Å². The Morgan fingerprint density at radius 3 is 2.62 bits per heavy atom. The number of halogens is 3. The number of aromatic nitrogens is 3. The number of nitrogens with one attached hydrogen (secondary N) is 1. The van der Waals surface area contributed by atoms with Crippen LogP contribution in [-0.4, -0.2) is 20.2 Å². The molecule has 3 rings (SSSR count). The molecular weight excluding hydrogens is 341 g/mol. The molecule has 0 spiro atoms. The molecule has 0 saturated carbocycles. The minimum atomic E-state index is -1.45. The first-order valence-corrected chi connectivity index (χ1v) is 8.39. The van der Waals surface area contributed by atoms with Crippen molar-refractivity contribution in [2.24, 2.45) is 0 Å². The number of rotatable bonds is 6. The summed E-state index contributed by atoms with van der Waals surface area (Å²) in [6, 6.07) is 4.32. The average molecular weight is 362 g/mol. The minimum absolute atomic E-state index is 0.0108. The van der Waals surface area contributed by atoms with Gasteiger partial charge in [-0.05, 0) is 44.5 Å². The lowest BCUT2D eigenvalue weighted by molar-refractivity contribution is 0.444. The van der Waals surface area contributed by atoms with Crippen molar-refractivity contribution >= 4 is 0 Å². The van der Waals surface area contributed by atoms with E-state index < -0.39 is 17.5 Å².